The van der Waals surface area contributed by atoms with E-state index in [1.165, 1.54) is 24.8 Å². The highest BCUT2D eigenvalue weighted by atomic mass is 16.5. The number of hydrogen-bond donors (Lipinski definition) is 1. The van der Waals surface area contributed by atoms with Gasteiger partial charge in [0.1, 0.15) is 12.4 Å². The predicted octanol–water partition coefficient (Wildman–Crippen LogP) is 4.01. The van der Waals surface area contributed by atoms with Crippen molar-refractivity contribution in [3.63, 3.8) is 0 Å². The number of benzene rings is 2. The summed E-state index contributed by atoms with van der Waals surface area (Å²) in [7, 11) is 0. The van der Waals surface area contributed by atoms with Crippen LogP contribution >= 0.6 is 0 Å². The molecule has 1 N–H and O–H groups in total. The molecule has 4 heteroatoms. The molecule has 3 rings (SSSR count). The standard InChI is InChI=1S/C25H35NO3/c1-20-7-6-8-21(2)25(20)29-16-15-28-19-24(27)18-26-13-11-23(12-14-26)17-22-9-4-3-5-10-22/h3-10,23-24,27H,11-19H2,1-2H3. The van der Waals surface area contributed by atoms with Gasteiger partial charge in [-0.1, -0.05) is 48.5 Å². The molecule has 158 valence electrons. The van der Waals surface area contributed by atoms with Crippen molar-refractivity contribution in [2.75, 3.05) is 39.5 Å². The number of ether oxygens (including phenoxy) is 2. The molecule has 1 heterocycles. The Morgan fingerprint density at radius 1 is 0.966 bits per heavy atom. The first kappa shape index (κ1) is 21.8. The van der Waals surface area contributed by atoms with Gasteiger partial charge in [0, 0.05) is 6.54 Å². The van der Waals surface area contributed by atoms with Crippen LogP contribution in [0.1, 0.15) is 29.5 Å². The number of β-amino-alcohol motifs (C(OH)–C–C–N with tert-alkyl or cyclic N) is 1. The molecule has 1 aliphatic rings. The molecule has 0 amide bonds. The smallest absolute Gasteiger partial charge is 0.125 e. The van der Waals surface area contributed by atoms with Crippen molar-refractivity contribution in [2.24, 2.45) is 5.92 Å². The van der Waals surface area contributed by atoms with E-state index in [0.717, 1.165) is 35.9 Å². The molecule has 0 bridgehead atoms. The second kappa shape index (κ2) is 11.3. The maximum absolute atomic E-state index is 10.3. The second-order valence-corrected chi connectivity index (χ2v) is 8.23. The summed E-state index contributed by atoms with van der Waals surface area (Å²) in [4.78, 5) is 2.36. The Hall–Kier alpha value is -1.88. The molecule has 1 unspecified atom stereocenters. The first-order valence-electron chi connectivity index (χ1n) is 10.8. The summed E-state index contributed by atoms with van der Waals surface area (Å²) in [5, 5.41) is 10.3. The van der Waals surface area contributed by atoms with Gasteiger partial charge in [-0.15, -0.1) is 0 Å². The minimum atomic E-state index is -0.444. The number of piperidine rings is 1. The normalized spacial score (nSPS) is 16.7. The SMILES string of the molecule is Cc1cccc(C)c1OCCOCC(O)CN1CCC(Cc2ccccc2)CC1. The molecule has 2 aromatic rings. The van der Waals surface area contributed by atoms with E-state index in [2.05, 4.69) is 61.2 Å². The lowest BCUT2D eigenvalue weighted by atomic mass is 9.90. The van der Waals surface area contributed by atoms with E-state index in [4.69, 9.17) is 9.47 Å². The molecule has 1 saturated heterocycles. The third-order valence-corrected chi connectivity index (χ3v) is 5.74. The first-order chi connectivity index (χ1) is 14.1. The third-order valence-electron chi connectivity index (χ3n) is 5.74. The summed E-state index contributed by atoms with van der Waals surface area (Å²) >= 11 is 0. The van der Waals surface area contributed by atoms with Gasteiger partial charge in [0.25, 0.3) is 0 Å². The van der Waals surface area contributed by atoms with Crippen molar-refractivity contribution >= 4 is 0 Å². The highest BCUT2D eigenvalue weighted by Crippen LogP contribution is 2.23. The fourth-order valence-electron chi connectivity index (χ4n) is 4.12. The van der Waals surface area contributed by atoms with Gasteiger partial charge < -0.3 is 19.5 Å². The minimum absolute atomic E-state index is 0.361. The lowest BCUT2D eigenvalue weighted by Gasteiger charge is -2.33. The quantitative estimate of drug-likeness (QED) is 0.615. The van der Waals surface area contributed by atoms with Crippen LogP contribution in [0.3, 0.4) is 0 Å². The van der Waals surface area contributed by atoms with Crippen molar-refractivity contribution in [3.8, 4) is 5.75 Å². The fourth-order valence-corrected chi connectivity index (χ4v) is 4.12. The number of aryl methyl sites for hydroxylation is 2. The Bertz CT molecular complexity index is 706. The van der Waals surface area contributed by atoms with Gasteiger partial charge in [-0.25, -0.2) is 0 Å². The zero-order valence-corrected chi connectivity index (χ0v) is 17.8. The Kier molecular flexibility index (Phi) is 8.53. The van der Waals surface area contributed by atoms with Crippen LogP contribution in [0.15, 0.2) is 48.5 Å². The van der Waals surface area contributed by atoms with Crippen LogP contribution in [0.4, 0.5) is 0 Å². The summed E-state index contributed by atoms with van der Waals surface area (Å²) in [6.07, 6.45) is 3.12. The molecule has 4 nitrogen and oxygen atoms in total. The number of hydrogen-bond acceptors (Lipinski definition) is 4. The molecule has 0 aliphatic carbocycles. The van der Waals surface area contributed by atoms with Crippen LogP contribution in [0, 0.1) is 19.8 Å². The number of aliphatic hydroxyl groups excluding tert-OH is 1. The van der Waals surface area contributed by atoms with E-state index >= 15 is 0 Å². The van der Waals surface area contributed by atoms with Gasteiger partial charge in [-0.3, -0.25) is 0 Å². The molecule has 29 heavy (non-hydrogen) atoms. The molecule has 1 atom stereocenters. The van der Waals surface area contributed by atoms with E-state index in [9.17, 15) is 5.11 Å². The van der Waals surface area contributed by atoms with Crippen LogP contribution in [0.2, 0.25) is 0 Å². The van der Waals surface area contributed by atoms with Crippen LogP contribution in [0.5, 0.6) is 5.75 Å². The number of likely N-dealkylation sites (tertiary alicyclic amines) is 1. The average Bonchev–Trinajstić information content (AvgIpc) is 2.72. The van der Waals surface area contributed by atoms with E-state index in [-0.39, 0.29) is 0 Å². The average molecular weight is 398 g/mol. The number of rotatable bonds is 10. The maximum Gasteiger partial charge on any atom is 0.125 e. The Labute approximate surface area is 175 Å². The minimum Gasteiger partial charge on any atom is -0.491 e. The topological polar surface area (TPSA) is 41.9 Å². The van der Waals surface area contributed by atoms with Gasteiger partial charge in [0.2, 0.25) is 0 Å². The van der Waals surface area contributed by atoms with Gasteiger partial charge in [0.05, 0.1) is 19.3 Å². The summed E-state index contributed by atoms with van der Waals surface area (Å²) in [6.45, 7) is 8.27. The van der Waals surface area contributed by atoms with Crippen LogP contribution in [0.25, 0.3) is 0 Å². The van der Waals surface area contributed by atoms with E-state index in [0.29, 0.717) is 26.4 Å². The van der Waals surface area contributed by atoms with Gasteiger partial charge in [0.15, 0.2) is 0 Å². The summed E-state index contributed by atoms with van der Waals surface area (Å²) in [6, 6.07) is 16.9. The van der Waals surface area contributed by atoms with Crippen LogP contribution < -0.4 is 4.74 Å². The predicted molar refractivity (Wildman–Crippen MR) is 118 cm³/mol. The lowest BCUT2D eigenvalue weighted by Crippen LogP contribution is -2.40. The second-order valence-electron chi connectivity index (χ2n) is 8.23. The monoisotopic (exact) mass is 397 g/mol. The summed E-state index contributed by atoms with van der Waals surface area (Å²) < 4.78 is 11.5. The molecule has 1 aliphatic heterocycles. The molecule has 2 aromatic carbocycles. The molecule has 1 fully saturated rings. The largest absolute Gasteiger partial charge is 0.491 e. The third kappa shape index (κ3) is 7.14. The van der Waals surface area contributed by atoms with Gasteiger partial charge >= 0.3 is 0 Å². The molecular formula is C25H35NO3. The van der Waals surface area contributed by atoms with E-state index < -0.39 is 6.10 Å². The van der Waals surface area contributed by atoms with Gasteiger partial charge in [-0.2, -0.15) is 0 Å². The highest BCUT2D eigenvalue weighted by molar-refractivity contribution is 5.39. The van der Waals surface area contributed by atoms with Crippen molar-refractivity contribution < 1.29 is 14.6 Å². The lowest BCUT2D eigenvalue weighted by molar-refractivity contribution is 0.00281. The number of nitrogens with zero attached hydrogens (tertiary/aromatic N) is 1. The molecular weight excluding hydrogens is 362 g/mol. The van der Waals surface area contributed by atoms with Crippen molar-refractivity contribution in [2.45, 2.75) is 39.2 Å². The van der Waals surface area contributed by atoms with E-state index in [1.807, 2.05) is 6.07 Å². The number of para-hydroxylation sites is 1. The number of aliphatic hydroxyl groups is 1. The Balaban J connectivity index is 1.27. The van der Waals surface area contributed by atoms with Crippen molar-refractivity contribution in [1.29, 1.82) is 0 Å². The zero-order valence-electron chi connectivity index (χ0n) is 17.8. The molecule has 0 spiro atoms. The van der Waals surface area contributed by atoms with Crippen molar-refractivity contribution in [1.82, 2.24) is 4.90 Å². The molecule has 0 saturated carbocycles. The first-order valence-corrected chi connectivity index (χ1v) is 10.8. The maximum atomic E-state index is 10.3. The Morgan fingerprint density at radius 3 is 2.34 bits per heavy atom. The van der Waals surface area contributed by atoms with Crippen LogP contribution in [-0.4, -0.2) is 55.6 Å². The molecule has 0 radical (unpaired) electrons. The summed E-state index contributed by atoms with van der Waals surface area (Å²) in [5.74, 6) is 1.69. The summed E-state index contributed by atoms with van der Waals surface area (Å²) in [5.41, 5.74) is 3.71. The molecule has 0 aromatic heterocycles. The van der Waals surface area contributed by atoms with Crippen molar-refractivity contribution in [3.05, 3.63) is 65.2 Å². The van der Waals surface area contributed by atoms with E-state index in [1.54, 1.807) is 0 Å². The highest BCUT2D eigenvalue weighted by Gasteiger charge is 2.21. The Morgan fingerprint density at radius 2 is 1.66 bits per heavy atom. The van der Waals surface area contributed by atoms with Crippen LogP contribution in [-0.2, 0) is 11.2 Å². The van der Waals surface area contributed by atoms with Gasteiger partial charge in [-0.05, 0) is 68.8 Å². The zero-order chi connectivity index (χ0) is 20.5. The fraction of sp³-hybridized carbons (Fsp3) is 0.520.